The quantitative estimate of drug-likeness (QED) is 0.444. The molecule has 1 aliphatic carbocycles. The number of ether oxygens (including phenoxy) is 2. The first kappa shape index (κ1) is 22.7. The minimum Gasteiger partial charge on any atom is -0.449 e. The SMILES string of the molecule is [2H]COC1CCC(n2c([C@@H]3CCOC(=O)N3C3=CC=NCC3)nc3cc(-c4c(C)noc4C)ccc32)CC1. The molecule has 0 bridgehead atoms. The summed E-state index contributed by atoms with van der Waals surface area (Å²) in [5, 5.41) is 4.13. The molecule has 0 spiro atoms. The minimum atomic E-state index is -0.328. The third kappa shape index (κ3) is 4.25. The van der Waals surface area contributed by atoms with Crippen molar-refractivity contribution >= 4 is 23.3 Å². The van der Waals surface area contributed by atoms with Gasteiger partial charge in [0.25, 0.3) is 0 Å². The topological polar surface area (TPSA) is 95.0 Å². The fourth-order valence-corrected chi connectivity index (χ4v) is 6.08. The number of fused-ring (bicyclic) bond motifs is 1. The van der Waals surface area contributed by atoms with Crippen molar-refractivity contribution in [1.82, 2.24) is 19.6 Å². The van der Waals surface area contributed by atoms with Crippen LogP contribution in [0.4, 0.5) is 4.79 Å². The van der Waals surface area contributed by atoms with Crippen LogP contribution in [0.15, 0.2) is 39.5 Å². The number of imidazole rings is 1. The van der Waals surface area contributed by atoms with E-state index in [1.807, 2.05) is 19.9 Å². The number of hydrogen-bond donors (Lipinski definition) is 0. The molecule has 1 amide bonds. The molecule has 3 aromatic rings. The number of aryl methyl sites for hydroxylation is 2. The molecule has 4 heterocycles. The van der Waals surface area contributed by atoms with Crippen LogP contribution in [0.3, 0.4) is 0 Å². The van der Waals surface area contributed by atoms with Gasteiger partial charge >= 0.3 is 6.09 Å². The summed E-state index contributed by atoms with van der Waals surface area (Å²) in [4.78, 5) is 24.4. The zero-order valence-electron chi connectivity index (χ0n) is 22.4. The lowest BCUT2D eigenvalue weighted by molar-refractivity contribution is 0.0489. The van der Waals surface area contributed by atoms with Gasteiger partial charge in [0.15, 0.2) is 0 Å². The molecule has 2 aromatic heterocycles. The van der Waals surface area contributed by atoms with Crippen LogP contribution in [0.25, 0.3) is 22.2 Å². The summed E-state index contributed by atoms with van der Waals surface area (Å²) < 4.78 is 26.3. The molecule has 2 fully saturated rings. The van der Waals surface area contributed by atoms with Gasteiger partial charge in [-0.1, -0.05) is 11.2 Å². The van der Waals surface area contributed by atoms with Gasteiger partial charge in [0.1, 0.15) is 17.6 Å². The van der Waals surface area contributed by atoms with Gasteiger partial charge in [0.05, 0.1) is 30.8 Å². The lowest BCUT2D eigenvalue weighted by Gasteiger charge is -2.38. The number of carbonyl (C=O) groups excluding carboxylic acids is 1. The highest BCUT2D eigenvalue weighted by Crippen LogP contribution is 2.41. The number of benzene rings is 1. The average Bonchev–Trinajstić information content (AvgIpc) is 3.48. The molecular weight excluding hydrogens is 470 g/mol. The van der Waals surface area contributed by atoms with E-state index < -0.39 is 0 Å². The van der Waals surface area contributed by atoms with E-state index in [1.54, 1.807) is 11.1 Å². The van der Waals surface area contributed by atoms with E-state index in [0.29, 0.717) is 26.0 Å². The van der Waals surface area contributed by atoms with Crippen molar-refractivity contribution in [2.45, 2.75) is 70.6 Å². The second kappa shape index (κ2) is 9.78. The summed E-state index contributed by atoms with van der Waals surface area (Å²) in [5.74, 6) is 1.67. The molecule has 1 atom stereocenters. The Kier molecular flexibility index (Phi) is 6.00. The van der Waals surface area contributed by atoms with Gasteiger partial charge in [0.2, 0.25) is 0 Å². The van der Waals surface area contributed by atoms with Gasteiger partial charge in [-0.15, -0.1) is 0 Å². The number of aromatic nitrogens is 3. The third-order valence-electron chi connectivity index (χ3n) is 7.89. The number of hydrogen-bond acceptors (Lipinski definition) is 7. The van der Waals surface area contributed by atoms with Crippen LogP contribution in [-0.4, -0.2) is 58.3 Å². The van der Waals surface area contributed by atoms with E-state index in [9.17, 15) is 4.79 Å². The Morgan fingerprint density at radius 3 is 2.76 bits per heavy atom. The zero-order valence-corrected chi connectivity index (χ0v) is 21.4. The van der Waals surface area contributed by atoms with Crippen LogP contribution < -0.4 is 0 Å². The first-order valence-corrected chi connectivity index (χ1v) is 13.1. The van der Waals surface area contributed by atoms with Crippen molar-refractivity contribution < 1.29 is 20.2 Å². The van der Waals surface area contributed by atoms with Crippen LogP contribution in [-0.2, 0) is 9.47 Å². The largest absolute Gasteiger partial charge is 0.449 e. The maximum atomic E-state index is 13.1. The number of dihydropyridines is 1. The molecule has 1 aromatic carbocycles. The first-order valence-electron chi connectivity index (χ1n) is 13.8. The summed E-state index contributed by atoms with van der Waals surface area (Å²) >= 11 is 0. The smallest absolute Gasteiger partial charge is 0.414 e. The average molecular weight is 505 g/mol. The fraction of sp³-hybridized carbons (Fsp3) is 0.500. The van der Waals surface area contributed by atoms with Crippen LogP contribution in [0.2, 0.25) is 0 Å². The number of rotatable bonds is 5. The molecule has 37 heavy (non-hydrogen) atoms. The molecule has 9 nitrogen and oxygen atoms in total. The summed E-state index contributed by atoms with van der Waals surface area (Å²) in [5.41, 5.74) is 5.71. The minimum absolute atomic E-state index is 0.00334. The Morgan fingerprint density at radius 2 is 2.03 bits per heavy atom. The van der Waals surface area contributed by atoms with Crippen molar-refractivity contribution in [2.24, 2.45) is 4.99 Å². The van der Waals surface area contributed by atoms with Gasteiger partial charge < -0.3 is 18.6 Å². The van der Waals surface area contributed by atoms with Crippen molar-refractivity contribution in [3.8, 4) is 11.1 Å². The maximum Gasteiger partial charge on any atom is 0.414 e. The number of carbonyl (C=O) groups is 1. The molecule has 0 radical (unpaired) electrons. The number of aliphatic imine (C=N–C) groups is 1. The van der Waals surface area contributed by atoms with Gasteiger partial charge in [-0.2, -0.15) is 0 Å². The Labute approximate surface area is 217 Å². The molecule has 6 rings (SSSR count). The molecular formula is C28H33N5O4. The van der Waals surface area contributed by atoms with Gasteiger partial charge in [0, 0.05) is 50.0 Å². The second-order valence-corrected chi connectivity index (χ2v) is 10.1. The molecule has 9 heteroatoms. The molecule has 0 unspecified atom stereocenters. The number of amides is 1. The van der Waals surface area contributed by atoms with E-state index in [2.05, 4.69) is 32.9 Å². The molecule has 2 aliphatic heterocycles. The number of allylic oxidation sites excluding steroid dienone is 1. The van der Waals surface area contributed by atoms with Crippen LogP contribution >= 0.6 is 0 Å². The monoisotopic (exact) mass is 504 g/mol. The van der Waals surface area contributed by atoms with Crippen LogP contribution in [0.1, 0.15) is 69.3 Å². The lowest BCUT2D eigenvalue weighted by Crippen LogP contribution is -2.41. The Bertz CT molecular complexity index is 1380. The Morgan fingerprint density at radius 1 is 1.16 bits per heavy atom. The highest BCUT2D eigenvalue weighted by atomic mass is 16.6. The fourth-order valence-electron chi connectivity index (χ4n) is 6.08. The van der Waals surface area contributed by atoms with Crippen molar-refractivity contribution in [3.63, 3.8) is 0 Å². The van der Waals surface area contributed by atoms with E-state index in [0.717, 1.165) is 70.8 Å². The van der Waals surface area contributed by atoms with Crippen LogP contribution in [0, 0.1) is 13.8 Å². The maximum absolute atomic E-state index is 13.1. The van der Waals surface area contributed by atoms with E-state index in [1.165, 1.54) is 0 Å². The summed E-state index contributed by atoms with van der Waals surface area (Å²) in [6.07, 6.45) is 8.50. The van der Waals surface area contributed by atoms with Gasteiger partial charge in [-0.05, 0) is 63.3 Å². The molecule has 1 saturated carbocycles. The standard InChI is InChI=1S/C28H33N5O4/c1-17-26(18(2)37-31-17)19-4-9-24-23(16-19)30-27(32(24)20-5-7-22(35-3)8-6-20)25-12-15-36-28(34)33(25)21-10-13-29-14-11-21/h4,9-10,13,16,20,22,25H,5-8,11-12,14-15H2,1-3H3/t20?,22?,25-/m0/s1/i3D. The third-order valence-corrected chi connectivity index (χ3v) is 7.89. The van der Waals surface area contributed by atoms with Crippen LogP contribution in [0.5, 0.6) is 0 Å². The highest BCUT2D eigenvalue weighted by molar-refractivity contribution is 5.84. The molecule has 0 N–H and O–H groups in total. The number of methoxy groups -OCH3 is 1. The summed E-state index contributed by atoms with van der Waals surface area (Å²) in [6.45, 7) is 4.89. The highest BCUT2D eigenvalue weighted by Gasteiger charge is 2.38. The van der Waals surface area contributed by atoms with E-state index in [4.69, 9.17) is 20.4 Å². The molecule has 3 aliphatic rings. The number of cyclic esters (lactones) is 1. The summed E-state index contributed by atoms with van der Waals surface area (Å²) in [7, 11) is -0.00334. The van der Waals surface area contributed by atoms with Gasteiger partial charge in [-0.25, -0.2) is 9.78 Å². The van der Waals surface area contributed by atoms with Crippen molar-refractivity contribution in [3.05, 3.63) is 47.3 Å². The van der Waals surface area contributed by atoms with Gasteiger partial charge in [-0.3, -0.25) is 9.89 Å². The first-order chi connectivity index (χ1) is 18.5. The van der Waals surface area contributed by atoms with Crippen molar-refractivity contribution in [1.29, 1.82) is 0 Å². The predicted molar refractivity (Wildman–Crippen MR) is 140 cm³/mol. The normalized spacial score (nSPS) is 24.8. The molecule has 1 saturated heterocycles. The number of nitrogens with zero attached hydrogens (tertiary/aromatic N) is 5. The Balaban J connectivity index is 1.46. The zero-order chi connectivity index (χ0) is 26.2. The van der Waals surface area contributed by atoms with Crippen molar-refractivity contribution in [2.75, 3.05) is 20.2 Å². The van der Waals surface area contributed by atoms with E-state index in [-0.39, 0.29) is 31.4 Å². The lowest BCUT2D eigenvalue weighted by atomic mass is 9.92. The van der Waals surface area contributed by atoms with E-state index >= 15 is 0 Å². The summed E-state index contributed by atoms with van der Waals surface area (Å²) in [6, 6.07) is 6.35. The molecule has 194 valence electrons. The predicted octanol–water partition coefficient (Wildman–Crippen LogP) is 5.68. The second-order valence-electron chi connectivity index (χ2n) is 10.1. The Hall–Kier alpha value is -3.46.